The minimum atomic E-state index is -2.97. The molecule has 10 nitrogen and oxygen atoms in total. The SMILES string of the molecule is CC(C)[Si]1(C(C)C)OC[C@H]2O[C@@H](n3ccc(=O)n(COCC[Si](C)(C)C)c3=O)[C@H](O)[C@@H]2O[Si](C(C)C)(C(C)C)O1. The third kappa shape index (κ3) is 6.67. The molecule has 0 saturated carbocycles. The second kappa shape index (κ2) is 12.8. The fourth-order valence-corrected chi connectivity index (χ4v) is 17.7. The molecule has 1 aromatic heterocycles. The lowest BCUT2D eigenvalue weighted by atomic mass is 10.1. The summed E-state index contributed by atoms with van der Waals surface area (Å²) in [6.45, 7) is 24.3. The molecule has 1 N–H and O–H groups in total. The van der Waals surface area contributed by atoms with Gasteiger partial charge in [0.15, 0.2) is 6.23 Å². The summed E-state index contributed by atoms with van der Waals surface area (Å²) in [5.74, 6) is 0. The first-order valence-electron chi connectivity index (χ1n) is 14.7. The predicted molar refractivity (Wildman–Crippen MR) is 163 cm³/mol. The highest BCUT2D eigenvalue weighted by Gasteiger charge is 2.61. The number of hydrogen-bond acceptors (Lipinski definition) is 8. The quantitative estimate of drug-likeness (QED) is 0.302. The molecular formula is C27H52N2O8Si3. The number of fused-ring (bicyclic) bond motifs is 1. The van der Waals surface area contributed by atoms with Crippen LogP contribution in [0.4, 0.5) is 0 Å². The summed E-state index contributed by atoms with van der Waals surface area (Å²) in [6.07, 6.45) is -2.17. The summed E-state index contributed by atoms with van der Waals surface area (Å²) in [6, 6.07) is 2.22. The van der Waals surface area contributed by atoms with Gasteiger partial charge in [0.2, 0.25) is 0 Å². The first kappa shape index (κ1) is 33.6. The molecule has 0 spiro atoms. The molecule has 2 aliphatic heterocycles. The number of hydrogen-bond donors (Lipinski definition) is 1. The van der Waals surface area contributed by atoms with E-state index in [0.29, 0.717) is 6.61 Å². The van der Waals surface area contributed by atoms with Crippen molar-refractivity contribution in [2.45, 2.75) is 135 Å². The summed E-state index contributed by atoms with van der Waals surface area (Å²) in [4.78, 5) is 26.0. The molecule has 4 atom stereocenters. The Bertz CT molecular complexity index is 1100. The maximum absolute atomic E-state index is 13.5. The standard InChI is InChI=1S/C27H52N2O8Si3/c1-18(2)39(19(3)4)34-16-22-25(36-40(37-39,20(5)6)21(7)8)24(31)26(35-22)28-13-12-23(30)29(27(28)32)17-33-14-15-38(9,10)11/h12-13,18-22,24-26,31H,14-17H2,1-11H3/t22-,24-,25-,26-/m1/s1. The van der Waals surface area contributed by atoms with Gasteiger partial charge in [0.25, 0.3) is 5.56 Å². The van der Waals surface area contributed by atoms with Crippen molar-refractivity contribution >= 4 is 25.2 Å². The molecular weight excluding hydrogens is 565 g/mol. The molecule has 3 heterocycles. The normalized spacial score (nSPS) is 26.9. The van der Waals surface area contributed by atoms with Gasteiger partial charge in [-0.15, -0.1) is 0 Å². The Hall–Kier alpha value is -0.909. The van der Waals surface area contributed by atoms with Crippen molar-refractivity contribution in [1.29, 1.82) is 0 Å². The number of rotatable bonds is 10. The van der Waals surface area contributed by atoms with Crippen LogP contribution >= 0.6 is 0 Å². The highest BCUT2D eigenvalue weighted by molar-refractivity contribution is 6.84. The lowest BCUT2D eigenvalue weighted by Crippen LogP contribution is -2.65. The van der Waals surface area contributed by atoms with Crippen LogP contribution in [0.25, 0.3) is 0 Å². The van der Waals surface area contributed by atoms with Crippen molar-refractivity contribution in [1.82, 2.24) is 9.13 Å². The Labute approximate surface area is 242 Å². The van der Waals surface area contributed by atoms with Crippen LogP contribution in [0.15, 0.2) is 21.9 Å². The van der Waals surface area contributed by atoms with Gasteiger partial charge < -0.3 is 27.5 Å². The Morgan fingerprint density at radius 1 is 1.00 bits per heavy atom. The number of aliphatic hydroxyl groups excluding tert-OH is 1. The molecule has 2 fully saturated rings. The fourth-order valence-electron chi connectivity index (χ4n) is 5.75. The molecule has 0 bridgehead atoms. The molecule has 2 aliphatic rings. The van der Waals surface area contributed by atoms with E-state index in [0.717, 1.165) is 10.6 Å². The summed E-state index contributed by atoms with van der Waals surface area (Å²) in [7, 11) is -7.07. The van der Waals surface area contributed by atoms with E-state index in [4.69, 9.17) is 22.4 Å². The van der Waals surface area contributed by atoms with Crippen LogP contribution in [0, 0.1) is 0 Å². The van der Waals surface area contributed by atoms with Crippen molar-refractivity contribution in [3.63, 3.8) is 0 Å². The number of aliphatic hydroxyl groups is 1. The average Bonchev–Trinajstić information content (AvgIpc) is 3.11. The molecule has 230 valence electrons. The zero-order chi connectivity index (χ0) is 30.2. The molecule has 40 heavy (non-hydrogen) atoms. The Morgan fingerprint density at radius 3 is 2.10 bits per heavy atom. The van der Waals surface area contributed by atoms with Gasteiger partial charge in [-0.05, 0) is 28.2 Å². The monoisotopic (exact) mass is 616 g/mol. The molecule has 0 aromatic carbocycles. The van der Waals surface area contributed by atoms with Gasteiger partial charge in [-0.2, -0.15) is 0 Å². The third-order valence-corrected chi connectivity index (χ3v) is 20.2. The molecule has 0 radical (unpaired) electrons. The predicted octanol–water partition coefficient (Wildman–Crippen LogP) is 4.54. The minimum Gasteiger partial charge on any atom is -0.414 e. The molecule has 0 amide bonds. The topological polar surface area (TPSA) is 110 Å². The van der Waals surface area contributed by atoms with Crippen molar-refractivity contribution in [2.75, 3.05) is 13.2 Å². The van der Waals surface area contributed by atoms with E-state index in [-0.39, 0.29) is 35.5 Å². The van der Waals surface area contributed by atoms with Gasteiger partial charge in [0.1, 0.15) is 25.0 Å². The zero-order valence-corrected chi connectivity index (χ0v) is 29.3. The number of aromatic nitrogens is 2. The van der Waals surface area contributed by atoms with Crippen molar-refractivity contribution < 1.29 is 27.5 Å². The molecule has 13 heteroatoms. The summed E-state index contributed by atoms with van der Waals surface area (Å²) >= 11 is 0. The van der Waals surface area contributed by atoms with E-state index in [2.05, 4.69) is 75.0 Å². The van der Waals surface area contributed by atoms with E-state index < -0.39 is 61.0 Å². The zero-order valence-electron chi connectivity index (χ0n) is 26.3. The van der Waals surface area contributed by atoms with Gasteiger partial charge in [-0.1, -0.05) is 75.0 Å². The Kier molecular flexibility index (Phi) is 10.7. The van der Waals surface area contributed by atoms with Crippen LogP contribution in [-0.2, 0) is 29.2 Å². The summed E-state index contributed by atoms with van der Waals surface area (Å²) in [5, 5.41) is 11.6. The molecule has 1 aromatic rings. The maximum atomic E-state index is 13.5. The van der Waals surface area contributed by atoms with Gasteiger partial charge >= 0.3 is 22.8 Å². The van der Waals surface area contributed by atoms with E-state index in [1.165, 1.54) is 16.8 Å². The number of ether oxygens (including phenoxy) is 2. The van der Waals surface area contributed by atoms with Gasteiger partial charge in [0, 0.05) is 26.9 Å². The lowest BCUT2D eigenvalue weighted by Gasteiger charge is -2.51. The van der Waals surface area contributed by atoms with E-state index in [9.17, 15) is 14.7 Å². The Balaban J connectivity index is 1.98. The van der Waals surface area contributed by atoms with Crippen LogP contribution in [-0.4, -0.2) is 71.0 Å². The van der Waals surface area contributed by atoms with Crippen molar-refractivity contribution in [3.05, 3.63) is 33.1 Å². The minimum absolute atomic E-state index is 0.0865. The van der Waals surface area contributed by atoms with Crippen LogP contribution in [0.3, 0.4) is 0 Å². The number of nitrogens with zero attached hydrogens (tertiary/aromatic N) is 2. The van der Waals surface area contributed by atoms with E-state index in [1.807, 2.05) is 0 Å². The molecule has 0 unspecified atom stereocenters. The van der Waals surface area contributed by atoms with Crippen LogP contribution in [0.1, 0.15) is 61.6 Å². The van der Waals surface area contributed by atoms with Crippen LogP contribution in [0.2, 0.25) is 47.8 Å². The third-order valence-electron chi connectivity index (χ3n) is 8.23. The Morgan fingerprint density at radius 2 is 1.57 bits per heavy atom. The van der Waals surface area contributed by atoms with E-state index in [1.54, 1.807) is 0 Å². The molecule has 3 rings (SSSR count). The second-order valence-corrected chi connectivity index (χ2v) is 28.2. The highest BCUT2D eigenvalue weighted by atomic mass is 28.5. The largest absolute Gasteiger partial charge is 0.414 e. The maximum Gasteiger partial charge on any atom is 0.335 e. The lowest BCUT2D eigenvalue weighted by molar-refractivity contribution is -0.0612. The first-order valence-corrected chi connectivity index (χ1v) is 22.4. The first-order chi connectivity index (χ1) is 18.5. The van der Waals surface area contributed by atoms with Gasteiger partial charge in [0.05, 0.1) is 6.61 Å². The summed E-state index contributed by atoms with van der Waals surface area (Å²) < 4.78 is 35.2. The highest BCUT2D eigenvalue weighted by Crippen LogP contribution is 2.48. The van der Waals surface area contributed by atoms with E-state index >= 15 is 0 Å². The fraction of sp³-hybridized carbons (Fsp3) is 0.852. The molecule has 2 saturated heterocycles. The smallest absolute Gasteiger partial charge is 0.335 e. The second-order valence-electron chi connectivity index (χ2n) is 13.7. The van der Waals surface area contributed by atoms with Crippen LogP contribution in [0.5, 0.6) is 0 Å². The molecule has 0 aliphatic carbocycles. The van der Waals surface area contributed by atoms with Gasteiger partial charge in [-0.25, -0.2) is 9.36 Å². The van der Waals surface area contributed by atoms with Crippen molar-refractivity contribution in [3.8, 4) is 0 Å². The average molecular weight is 617 g/mol. The van der Waals surface area contributed by atoms with Gasteiger partial charge in [-0.3, -0.25) is 9.36 Å². The van der Waals surface area contributed by atoms with Crippen LogP contribution < -0.4 is 11.2 Å². The summed E-state index contributed by atoms with van der Waals surface area (Å²) in [5.41, 5.74) is -0.541. The van der Waals surface area contributed by atoms with Crippen molar-refractivity contribution in [2.24, 2.45) is 0 Å².